The van der Waals surface area contributed by atoms with Crippen molar-refractivity contribution in [3.8, 4) is 0 Å². The lowest BCUT2D eigenvalue weighted by Crippen LogP contribution is -2.32. The Labute approximate surface area is 165 Å². The summed E-state index contributed by atoms with van der Waals surface area (Å²) in [5, 5.41) is 0.686. The molecule has 0 N–H and O–H groups in total. The molecule has 0 radical (unpaired) electrons. The predicted molar refractivity (Wildman–Crippen MR) is 112 cm³/mol. The van der Waals surface area contributed by atoms with Gasteiger partial charge in [-0.05, 0) is 64.2 Å². The van der Waals surface area contributed by atoms with E-state index >= 15 is 0 Å². The maximum atomic E-state index is 12.8. The van der Waals surface area contributed by atoms with E-state index in [0.717, 1.165) is 14.8 Å². The van der Waals surface area contributed by atoms with Crippen LogP contribution in [0.15, 0.2) is 64.5 Å². The minimum Gasteiger partial charge on any atom is -0.383 e. The Morgan fingerprint density at radius 3 is 2.60 bits per heavy atom. The third-order valence-corrected chi connectivity index (χ3v) is 5.57. The van der Waals surface area contributed by atoms with Crippen LogP contribution in [0.1, 0.15) is 5.56 Å². The van der Waals surface area contributed by atoms with Crippen LogP contribution in [0, 0.1) is 3.57 Å². The van der Waals surface area contributed by atoms with E-state index in [9.17, 15) is 4.79 Å². The van der Waals surface area contributed by atoms with Gasteiger partial charge in [0.25, 0.3) is 5.91 Å². The van der Waals surface area contributed by atoms with Crippen LogP contribution in [0.5, 0.6) is 0 Å². The maximum Gasteiger partial charge on any atom is 0.266 e. The summed E-state index contributed by atoms with van der Waals surface area (Å²) in [5.41, 5.74) is 1.86. The fourth-order valence-corrected chi connectivity index (χ4v) is 3.88. The van der Waals surface area contributed by atoms with Gasteiger partial charge in [0.1, 0.15) is 0 Å². The summed E-state index contributed by atoms with van der Waals surface area (Å²) < 4.78 is 6.25. The zero-order valence-corrected chi connectivity index (χ0v) is 16.7. The van der Waals surface area contributed by atoms with Gasteiger partial charge in [-0.25, -0.2) is 4.99 Å². The van der Waals surface area contributed by atoms with E-state index in [4.69, 9.17) is 4.74 Å². The number of methoxy groups -OCH3 is 1. The summed E-state index contributed by atoms with van der Waals surface area (Å²) in [4.78, 5) is 19.8. The van der Waals surface area contributed by atoms with Crippen LogP contribution >= 0.6 is 34.4 Å². The second kappa shape index (κ2) is 8.64. The standard InChI is InChI=1S/C19H17IN2O2S/c1-24-12-11-22-18(23)17(13-14-7-5-6-10-16(14)20)25-19(22)21-15-8-3-2-4-9-15/h2-10,13H,11-12H2,1H3/b17-13-,21-19?. The molecule has 6 heteroatoms. The summed E-state index contributed by atoms with van der Waals surface area (Å²) in [6, 6.07) is 17.7. The molecule has 1 aliphatic rings. The van der Waals surface area contributed by atoms with Gasteiger partial charge in [0, 0.05) is 10.7 Å². The van der Waals surface area contributed by atoms with Crippen molar-refractivity contribution in [2.45, 2.75) is 0 Å². The van der Waals surface area contributed by atoms with Crippen LogP contribution in [-0.4, -0.2) is 36.2 Å². The van der Waals surface area contributed by atoms with Gasteiger partial charge < -0.3 is 4.74 Å². The number of benzene rings is 2. The number of halogens is 1. The van der Waals surface area contributed by atoms with Crippen molar-refractivity contribution in [3.63, 3.8) is 0 Å². The minimum atomic E-state index is -0.0311. The van der Waals surface area contributed by atoms with Gasteiger partial charge in [0.05, 0.1) is 23.7 Å². The molecule has 0 aliphatic carbocycles. The number of amidine groups is 1. The molecular formula is C19H17IN2O2S. The van der Waals surface area contributed by atoms with Gasteiger partial charge >= 0.3 is 0 Å². The summed E-state index contributed by atoms with van der Waals surface area (Å²) in [5.74, 6) is -0.0311. The molecule has 0 spiro atoms. The van der Waals surface area contributed by atoms with E-state index < -0.39 is 0 Å². The zero-order valence-electron chi connectivity index (χ0n) is 13.7. The molecule has 1 aliphatic heterocycles. The monoisotopic (exact) mass is 464 g/mol. The van der Waals surface area contributed by atoms with E-state index in [2.05, 4.69) is 27.6 Å². The largest absolute Gasteiger partial charge is 0.383 e. The molecule has 1 fully saturated rings. The molecule has 3 rings (SSSR count). The van der Waals surface area contributed by atoms with Crippen molar-refractivity contribution < 1.29 is 9.53 Å². The van der Waals surface area contributed by atoms with Crippen LogP contribution < -0.4 is 0 Å². The quantitative estimate of drug-likeness (QED) is 0.482. The van der Waals surface area contributed by atoms with E-state index in [-0.39, 0.29) is 5.91 Å². The van der Waals surface area contributed by atoms with Crippen molar-refractivity contribution in [1.82, 2.24) is 4.90 Å². The highest BCUT2D eigenvalue weighted by Crippen LogP contribution is 2.34. The average Bonchev–Trinajstić information content (AvgIpc) is 2.91. The Balaban J connectivity index is 1.94. The summed E-state index contributed by atoms with van der Waals surface area (Å²) in [7, 11) is 1.63. The van der Waals surface area contributed by atoms with Gasteiger partial charge in [0.2, 0.25) is 0 Å². The number of hydrogen-bond acceptors (Lipinski definition) is 4. The van der Waals surface area contributed by atoms with Crippen LogP contribution in [0.3, 0.4) is 0 Å². The number of amides is 1. The number of aliphatic imine (C=N–C) groups is 1. The van der Waals surface area contributed by atoms with Gasteiger partial charge in [-0.2, -0.15) is 0 Å². The first kappa shape index (κ1) is 18.2. The third kappa shape index (κ3) is 4.50. The highest BCUT2D eigenvalue weighted by molar-refractivity contribution is 14.1. The van der Waals surface area contributed by atoms with Crippen molar-refractivity contribution in [1.29, 1.82) is 0 Å². The fourth-order valence-electron chi connectivity index (χ4n) is 2.32. The van der Waals surface area contributed by atoms with E-state index in [0.29, 0.717) is 23.2 Å². The van der Waals surface area contributed by atoms with Gasteiger partial charge in [-0.1, -0.05) is 36.4 Å². The number of thioether (sulfide) groups is 1. The smallest absolute Gasteiger partial charge is 0.266 e. The normalized spacial score (nSPS) is 17.7. The van der Waals surface area contributed by atoms with Crippen LogP contribution in [0.4, 0.5) is 5.69 Å². The first-order valence-electron chi connectivity index (χ1n) is 7.77. The molecule has 1 amide bonds. The lowest BCUT2D eigenvalue weighted by atomic mass is 10.2. The molecule has 1 saturated heterocycles. The fraction of sp³-hybridized carbons (Fsp3) is 0.158. The van der Waals surface area contributed by atoms with Crippen molar-refractivity contribution in [2.75, 3.05) is 20.3 Å². The molecule has 0 saturated carbocycles. The highest BCUT2D eigenvalue weighted by atomic mass is 127. The molecule has 2 aromatic carbocycles. The SMILES string of the molecule is COCCN1C(=O)/C(=C/c2ccccc2I)SC1=Nc1ccccc1. The molecule has 0 aromatic heterocycles. The Morgan fingerprint density at radius 2 is 1.88 bits per heavy atom. The first-order chi connectivity index (χ1) is 12.2. The Morgan fingerprint density at radius 1 is 1.16 bits per heavy atom. The molecular weight excluding hydrogens is 447 g/mol. The maximum absolute atomic E-state index is 12.8. The number of carbonyl (C=O) groups excluding carboxylic acids is 1. The number of ether oxygens (including phenoxy) is 1. The number of rotatable bonds is 5. The summed E-state index contributed by atoms with van der Waals surface area (Å²) >= 11 is 3.68. The Kier molecular flexibility index (Phi) is 6.28. The van der Waals surface area contributed by atoms with Crippen molar-refractivity contribution in [3.05, 3.63) is 68.6 Å². The van der Waals surface area contributed by atoms with Gasteiger partial charge in [0.15, 0.2) is 5.17 Å². The Hall–Kier alpha value is -1.64. The number of carbonyl (C=O) groups is 1. The first-order valence-corrected chi connectivity index (χ1v) is 9.67. The lowest BCUT2D eigenvalue weighted by molar-refractivity contribution is -0.122. The van der Waals surface area contributed by atoms with Crippen LogP contribution in [0.2, 0.25) is 0 Å². The molecule has 128 valence electrons. The van der Waals surface area contributed by atoms with Gasteiger partial charge in [-0.3, -0.25) is 9.69 Å². The number of hydrogen-bond donors (Lipinski definition) is 0. The molecule has 1 heterocycles. The van der Waals surface area contributed by atoms with Crippen molar-refractivity contribution in [2.24, 2.45) is 4.99 Å². The number of nitrogens with zero attached hydrogens (tertiary/aromatic N) is 2. The molecule has 25 heavy (non-hydrogen) atoms. The second-order valence-corrected chi connectivity index (χ2v) is 7.48. The zero-order chi connectivity index (χ0) is 17.6. The topological polar surface area (TPSA) is 41.9 Å². The second-order valence-electron chi connectivity index (χ2n) is 5.31. The van der Waals surface area contributed by atoms with Crippen LogP contribution in [0.25, 0.3) is 6.08 Å². The minimum absolute atomic E-state index is 0.0311. The molecule has 0 unspecified atom stereocenters. The Bertz CT molecular complexity index is 821. The molecule has 0 atom stereocenters. The molecule has 2 aromatic rings. The third-order valence-electron chi connectivity index (χ3n) is 3.58. The molecule has 0 bridgehead atoms. The van der Waals surface area contributed by atoms with E-state index in [1.807, 2.05) is 60.7 Å². The molecule has 4 nitrogen and oxygen atoms in total. The van der Waals surface area contributed by atoms with Gasteiger partial charge in [-0.15, -0.1) is 0 Å². The predicted octanol–water partition coefficient (Wildman–Crippen LogP) is 4.54. The van der Waals surface area contributed by atoms with E-state index in [1.165, 1.54) is 11.8 Å². The highest BCUT2D eigenvalue weighted by Gasteiger charge is 2.33. The van der Waals surface area contributed by atoms with E-state index in [1.54, 1.807) is 12.0 Å². The summed E-state index contributed by atoms with van der Waals surface area (Å²) in [6.45, 7) is 0.952. The average molecular weight is 464 g/mol. The van der Waals surface area contributed by atoms with Crippen molar-refractivity contribution >= 4 is 57.2 Å². The van der Waals surface area contributed by atoms with Crippen LogP contribution in [-0.2, 0) is 9.53 Å². The lowest BCUT2D eigenvalue weighted by Gasteiger charge is -2.14. The number of para-hydroxylation sites is 1. The summed E-state index contributed by atoms with van der Waals surface area (Å²) in [6.07, 6.45) is 1.93.